The van der Waals surface area contributed by atoms with E-state index in [9.17, 15) is 5.11 Å². The van der Waals surface area contributed by atoms with Crippen molar-refractivity contribution in [2.75, 3.05) is 11.9 Å². The molecule has 1 rings (SSSR count). The van der Waals surface area contributed by atoms with Crippen molar-refractivity contribution in [3.8, 4) is 12.3 Å². The Balaban J connectivity index is 2.83. The summed E-state index contributed by atoms with van der Waals surface area (Å²) in [4.78, 5) is 2.04. The van der Waals surface area contributed by atoms with Gasteiger partial charge in [-0.2, -0.15) is 0 Å². The first kappa shape index (κ1) is 12.6. The van der Waals surface area contributed by atoms with Gasteiger partial charge in [0.05, 0.1) is 11.6 Å². The van der Waals surface area contributed by atoms with E-state index in [1.165, 1.54) is 0 Å². The number of benzene rings is 1. The van der Waals surface area contributed by atoms with Gasteiger partial charge in [0.15, 0.2) is 0 Å². The molecule has 0 saturated heterocycles. The lowest BCUT2D eigenvalue weighted by molar-refractivity contribution is 0.0422. The van der Waals surface area contributed by atoms with Gasteiger partial charge >= 0.3 is 0 Å². The van der Waals surface area contributed by atoms with Gasteiger partial charge in [-0.15, -0.1) is 12.3 Å². The van der Waals surface area contributed by atoms with Crippen molar-refractivity contribution in [2.24, 2.45) is 0 Å². The summed E-state index contributed by atoms with van der Waals surface area (Å²) >= 11 is 0. The molecule has 0 aromatic heterocycles. The van der Waals surface area contributed by atoms with E-state index < -0.39 is 5.60 Å². The van der Waals surface area contributed by atoms with Gasteiger partial charge in [-0.1, -0.05) is 18.2 Å². The van der Waals surface area contributed by atoms with Crippen molar-refractivity contribution < 1.29 is 5.11 Å². The third-order valence-corrected chi connectivity index (χ3v) is 3.10. The molecule has 0 unspecified atom stereocenters. The Bertz CT molecular complexity index is 364. The Morgan fingerprint density at radius 1 is 1.44 bits per heavy atom. The lowest BCUT2D eigenvalue weighted by atomic mass is 9.93. The molecule has 0 aliphatic carbocycles. The van der Waals surface area contributed by atoms with Gasteiger partial charge in [0.25, 0.3) is 0 Å². The summed E-state index contributed by atoms with van der Waals surface area (Å²) < 4.78 is 0. The minimum atomic E-state index is -0.876. The molecular weight excluding hydrogens is 198 g/mol. The number of likely N-dealkylation sites (N-methyl/N-ethyl adjacent to an activating group) is 1. The largest absolute Gasteiger partial charge is 0.387 e. The maximum Gasteiger partial charge on any atom is 0.0927 e. The van der Waals surface area contributed by atoms with Crippen LogP contribution in [-0.2, 0) is 0 Å². The monoisotopic (exact) mass is 217 g/mol. The molecule has 2 heteroatoms. The number of hydrogen-bond acceptors (Lipinski definition) is 2. The van der Waals surface area contributed by atoms with Crippen LogP contribution in [0, 0.1) is 12.3 Å². The SMILES string of the molecule is C#CC[C@@](C)(O)[C@H](C)N(C)c1ccccc1. The van der Waals surface area contributed by atoms with Gasteiger partial charge < -0.3 is 10.0 Å². The second-order valence-electron chi connectivity index (χ2n) is 4.36. The molecule has 86 valence electrons. The lowest BCUT2D eigenvalue weighted by Crippen LogP contribution is -2.47. The summed E-state index contributed by atoms with van der Waals surface area (Å²) in [6, 6.07) is 9.93. The predicted octanol–water partition coefficient (Wildman–Crippen LogP) is 2.29. The van der Waals surface area contributed by atoms with E-state index in [1.54, 1.807) is 6.92 Å². The Labute approximate surface area is 97.9 Å². The highest BCUT2D eigenvalue weighted by atomic mass is 16.3. The molecule has 0 aliphatic rings. The highest BCUT2D eigenvalue weighted by Gasteiger charge is 2.30. The summed E-state index contributed by atoms with van der Waals surface area (Å²) in [6.07, 6.45) is 5.62. The molecule has 1 aromatic rings. The van der Waals surface area contributed by atoms with E-state index >= 15 is 0 Å². The first-order valence-corrected chi connectivity index (χ1v) is 5.43. The van der Waals surface area contributed by atoms with Gasteiger partial charge in [0.1, 0.15) is 0 Å². The van der Waals surface area contributed by atoms with E-state index in [0.717, 1.165) is 5.69 Å². The van der Waals surface area contributed by atoms with Crippen molar-refractivity contribution in [2.45, 2.75) is 31.9 Å². The molecule has 2 atom stereocenters. The highest BCUT2D eigenvalue weighted by molar-refractivity contribution is 5.46. The van der Waals surface area contributed by atoms with Crippen LogP contribution in [0.2, 0.25) is 0 Å². The molecular formula is C14H19NO. The van der Waals surface area contributed by atoms with Crippen LogP contribution in [-0.4, -0.2) is 23.8 Å². The quantitative estimate of drug-likeness (QED) is 0.782. The standard InChI is InChI=1S/C14H19NO/c1-5-11-14(3,16)12(2)15(4)13-9-7-6-8-10-13/h1,6-10,12,16H,11H2,2-4H3/t12-,14+/m0/s1. The normalized spacial score (nSPS) is 15.9. The third-order valence-electron chi connectivity index (χ3n) is 3.10. The molecule has 0 saturated carbocycles. The van der Waals surface area contributed by atoms with E-state index in [1.807, 2.05) is 49.2 Å². The number of nitrogens with zero attached hydrogens (tertiary/aromatic N) is 1. The van der Waals surface area contributed by atoms with E-state index in [-0.39, 0.29) is 6.04 Å². The summed E-state index contributed by atoms with van der Waals surface area (Å²) in [5, 5.41) is 10.2. The fraction of sp³-hybridized carbons (Fsp3) is 0.429. The van der Waals surface area contributed by atoms with E-state index in [2.05, 4.69) is 5.92 Å². The summed E-state index contributed by atoms with van der Waals surface area (Å²) in [5.74, 6) is 2.52. The lowest BCUT2D eigenvalue weighted by Gasteiger charge is -2.37. The number of aliphatic hydroxyl groups is 1. The van der Waals surface area contributed by atoms with Crippen LogP contribution in [0.5, 0.6) is 0 Å². The first-order valence-electron chi connectivity index (χ1n) is 5.43. The zero-order valence-corrected chi connectivity index (χ0v) is 10.1. The number of hydrogen-bond donors (Lipinski definition) is 1. The van der Waals surface area contributed by atoms with Crippen molar-refractivity contribution >= 4 is 5.69 Å². The molecule has 0 aliphatic heterocycles. The van der Waals surface area contributed by atoms with Crippen LogP contribution in [0.1, 0.15) is 20.3 Å². The molecule has 0 bridgehead atoms. The van der Waals surface area contributed by atoms with Crippen LogP contribution in [0.15, 0.2) is 30.3 Å². The topological polar surface area (TPSA) is 23.5 Å². The molecule has 0 fully saturated rings. The Hall–Kier alpha value is -1.46. The average Bonchev–Trinajstić information content (AvgIpc) is 2.28. The fourth-order valence-electron chi connectivity index (χ4n) is 1.66. The van der Waals surface area contributed by atoms with Crippen LogP contribution in [0.3, 0.4) is 0 Å². The number of terminal acetylenes is 1. The molecule has 2 nitrogen and oxygen atoms in total. The second kappa shape index (κ2) is 5.05. The minimum Gasteiger partial charge on any atom is -0.387 e. The average molecular weight is 217 g/mol. The van der Waals surface area contributed by atoms with Crippen LogP contribution < -0.4 is 4.90 Å². The van der Waals surface area contributed by atoms with E-state index in [4.69, 9.17) is 6.42 Å². The minimum absolute atomic E-state index is 0.0362. The van der Waals surface area contributed by atoms with Gasteiger partial charge in [0.2, 0.25) is 0 Å². The van der Waals surface area contributed by atoms with E-state index in [0.29, 0.717) is 6.42 Å². The van der Waals surface area contributed by atoms with Gasteiger partial charge in [0, 0.05) is 19.2 Å². The molecule has 1 N–H and O–H groups in total. The first-order chi connectivity index (χ1) is 7.49. The Kier molecular flexibility index (Phi) is 3.98. The van der Waals surface area contributed by atoms with Gasteiger partial charge in [-0.3, -0.25) is 0 Å². The third kappa shape index (κ3) is 2.77. The molecule has 0 spiro atoms. The summed E-state index contributed by atoms with van der Waals surface area (Å²) in [6.45, 7) is 3.75. The molecule has 0 radical (unpaired) electrons. The summed E-state index contributed by atoms with van der Waals surface area (Å²) in [7, 11) is 1.96. The Morgan fingerprint density at radius 2 is 2.00 bits per heavy atom. The highest BCUT2D eigenvalue weighted by Crippen LogP contribution is 2.23. The zero-order chi connectivity index (χ0) is 12.2. The van der Waals surface area contributed by atoms with Gasteiger partial charge in [-0.05, 0) is 26.0 Å². The van der Waals surface area contributed by atoms with Crippen LogP contribution >= 0.6 is 0 Å². The van der Waals surface area contributed by atoms with Gasteiger partial charge in [-0.25, -0.2) is 0 Å². The smallest absolute Gasteiger partial charge is 0.0927 e. The molecule has 0 heterocycles. The molecule has 0 amide bonds. The molecule has 16 heavy (non-hydrogen) atoms. The fourth-order valence-corrected chi connectivity index (χ4v) is 1.66. The van der Waals surface area contributed by atoms with Crippen LogP contribution in [0.4, 0.5) is 5.69 Å². The van der Waals surface area contributed by atoms with Crippen LogP contribution in [0.25, 0.3) is 0 Å². The van der Waals surface area contributed by atoms with Crippen molar-refractivity contribution in [1.82, 2.24) is 0 Å². The maximum absolute atomic E-state index is 10.2. The zero-order valence-electron chi connectivity index (χ0n) is 10.1. The van der Waals surface area contributed by atoms with Crippen molar-refractivity contribution in [1.29, 1.82) is 0 Å². The number of anilines is 1. The number of para-hydroxylation sites is 1. The number of rotatable bonds is 4. The second-order valence-corrected chi connectivity index (χ2v) is 4.36. The Morgan fingerprint density at radius 3 is 2.50 bits per heavy atom. The van der Waals surface area contributed by atoms with Crippen molar-refractivity contribution in [3.05, 3.63) is 30.3 Å². The molecule has 1 aromatic carbocycles. The van der Waals surface area contributed by atoms with Crippen molar-refractivity contribution in [3.63, 3.8) is 0 Å². The predicted molar refractivity (Wildman–Crippen MR) is 68.4 cm³/mol. The maximum atomic E-state index is 10.2. The summed E-state index contributed by atoms with van der Waals surface area (Å²) in [5.41, 5.74) is 0.201.